The molecule has 0 saturated heterocycles. The van der Waals surface area contributed by atoms with Crippen molar-refractivity contribution in [2.45, 2.75) is 13.5 Å². The van der Waals surface area contributed by atoms with Gasteiger partial charge in [0.1, 0.15) is 5.75 Å². The number of ether oxygens (including phenoxy) is 1. The van der Waals surface area contributed by atoms with Gasteiger partial charge in [0.15, 0.2) is 0 Å². The summed E-state index contributed by atoms with van der Waals surface area (Å²) in [5.74, 6) is 0.886. The number of aryl methyl sites for hydroxylation is 1. The minimum atomic E-state index is 0.805. The van der Waals surface area contributed by atoms with Crippen LogP contribution in [0.2, 0.25) is 0 Å². The minimum absolute atomic E-state index is 0.805. The summed E-state index contributed by atoms with van der Waals surface area (Å²) < 4.78 is 6.23. The first-order valence-electron chi connectivity index (χ1n) is 5.81. The van der Waals surface area contributed by atoms with E-state index in [1.165, 1.54) is 11.1 Å². The summed E-state index contributed by atoms with van der Waals surface area (Å²) in [5, 5.41) is 3.41. The van der Waals surface area contributed by atoms with E-state index in [-0.39, 0.29) is 0 Å². The molecule has 2 rings (SSSR count). The molecule has 0 unspecified atom stereocenters. The van der Waals surface area contributed by atoms with Crippen LogP contribution in [0.1, 0.15) is 11.1 Å². The maximum Gasteiger partial charge on any atom is 0.118 e. The van der Waals surface area contributed by atoms with Gasteiger partial charge in [0.2, 0.25) is 0 Å². The summed E-state index contributed by atoms with van der Waals surface area (Å²) in [4.78, 5) is 0. The first-order valence-corrected chi connectivity index (χ1v) is 6.60. The maximum atomic E-state index is 5.14. The monoisotopic (exact) mass is 305 g/mol. The van der Waals surface area contributed by atoms with Crippen molar-refractivity contribution in [3.63, 3.8) is 0 Å². The summed E-state index contributed by atoms with van der Waals surface area (Å²) in [7, 11) is 1.68. The summed E-state index contributed by atoms with van der Waals surface area (Å²) in [6.07, 6.45) is 0. The molecule has 0 radical (unpaired) electrons. The third-order valence-corrected chi connectivity index (χ3v) is 3.16. The molecule has 0 heterocycles. The molecule has 0 aliphatic heterocycles. The van der Waals surface area contributed by atoms with E-state index in [0.29, 0.717) is 0 Å². The van der Waals surface area contributed by atoms with E-state index >= 15 is 0 Å². The second-order valence-corrected chi connectivity index (χ2v) is 5.13. The van der Waals surface area contributed by atoms with Crippen molar-refractivity contribution in [1.82, 2.24) is 0 Å². The van der Waals surface area contributed by atoms with E-state index in [4.69, 9.17) is 4.74 Å². The highest BCUT2D eigenvalue weighted by Gasteiger charge is 1.98. The molecule has 18 heavy (non-hydrogen) atoms. The zero-order valence-electron chi connectivity index (χ0n) is 10.5. The van der Waals surface area contributed by atoms with Crippen LogP contribution in [-0.2, 0) is 6.54 Å². The Morgan fingerprint density at radius 3 is 2.44 bits per heavy atom. The highest BCUT2D eigenvalue weighted by molar-refractivity contribution is 9.10. The van der Waals surface area contributed by atoms with Crippen molar-refractivity contribution in [3.8, 4) is 5.75 Å². The van der Waals surface area contributed by atoms with Crippen molar-refractivity contribution in [1.29, 1.82) is 0 Å². The molecule has 0 aliphatic carbocycles. The average molecular weight is 306 g/mol. The van der Waals surface area contributed by atoms with Gasteiger partial charge in [-0.3, -0.25) is 0 Å². The van der Waals surface area contributed by atoms with Crippen LogP contribution in [0.3, 0.4) is 0 Å². The SMILES string of the molecule is COc1ccc(CNc2cc(C)cc(Br)c2)cc1. The van der Waals surface area contributed by atoms with Crippen LogP contribution < -0.4 is 10.1 Å². The number of benzene rings is 2. The standard InChI is InChI=1S/C15H16BrNO/c1-11-7-13(16)9-14(8-11)17-10-12-3-5-15(18-2)6-4-12/h3-9,17H,10H2,1-2H3. The number of methoxy groups -OCH3 is 1. The molecule has 0 aliphatic rings. The van der Waals surface area contributed by atoms with E-state index in [0.717, 1.165) is 22.5 Å². The number of nitrogens with one attached hydrogen (secondary N) is 1. The molecule has 94 valence electrons. The van der Waals surface area contributed by atoms with E-state index in [1.807, 2.05) is 12.1 Å². The van der Waals surface area contributed by atoms with Crippen LogP contribution in [0.4, 0.5) is 5.69 Å². The fraction of sp³-hybridized carbons (Fsp3) is 0.200. The van der Waals surface area contributed by atoms with Gasteiger partial charge >= 0.3 is 0 Å². The van der Waals surface area contributed by atoms with Crippen LogP contribution in [0, 0.1) is 6.92 Å². The molecular formula is C15H16BrNO. The zero-order chi connectivity index (χ0) is 13.0. The third kappa shape index (κ3) is 3.50. The molecule has 0 bridgehead atoms. The van der Waals surface area contributed by atoms with Gasteiger partial charge in [-0.25, -0.2) is 0 Å². The van der Waals surface area contributed by atoms with Gasteiger partial charge in [-0.05, 0) is 48.4 Å². The fourth-order valence-corrected chi connectivity index (χ4v) is 2.39. The number of rotatable bonds is 4. The number of halogens is 1. The first-order chi connectivity index (χ1) is 8.67. The van der Waals surface area contributed by atoms with Crippen LogP contribution in [0.15, 0.2) is 46.9 Å². The molecule has 2 aromatic rings. The van der Waals surface area contributed by atoms with Crippen LogP contribution in [-0.4, -0.2) is 7.11 Å². The smallest absolute Gasteiger partial charge is 0.118 e. The zero-order valence-corrected chi connectivity index (χ0v) is 12.1. The highest BCUT2D eigenvalue weighted by Crippen LogP contribution is 2.20. The van der Waals surface area contributed by atoms with Crippen LogP contribution in [0.25, 0.3) is 0 Å². The van der Waals surface area contributed by atoms with E-state index < -0.39 is 0 Å². The van der Waals surface area contributed by atoms with Crippen molar-refractivity contribution in [2.75, 3.05) is 12.4 Å². The molecule has 2 nitrogen and oxygen atoms in total. The molecule has 2 aromatic carbocycles. The van der Waals surface area contributed by atoms with Crippen molar-refractivity contribution >= 4 is 21.6 Å². The molecule has 0 saturated carbocycles. The van der Waals surface area contributed by atoms with Gasteiger partial charge < -0.3 is 10.1 Å². The number of anilines is 1. The molecule has 0 atom stereocenters. The Balaban J connectivity index is 2.01. The first kappa shape index (κ1) is 13.0. The Bertz CT molecular complexity index is 502. The molecular weight excluding hydrogens is 290 g/mol. The quantitative estimate of drug-likeness (QED) is 0.905. The highest BCUT2D eigenvalue weighted by atomic mass is 79.9. The Morgan fingerprint density at radius 2 is 1.83 bits per heavy atom. The van der Waals surface area contributed by atoms with Gasteiger partial charge in [-0.1, -0.05) is 28.1 Å². The Kier molecular flexibility index (Phi) is 4.26. The third-order valence-electron chi connectivity index (χ3n) is 2.70. The lowest BCUT2D eigenvalue weighted by Gasteiger charge is -2.09. The lowest BCUT2D eigenvalue weighted by atomic mass is 10.2. The van der Waals surface area contributed by atoms with Gasteiger partial charge in [0, 0.05) is 16.7 Å². The van der Waals surface area contributed by atoms with Gasteiger partial charge in [-0.15, -0.1) is 0 Å². The topological polar surface area (TPSA) is 21.3 Å². The van der Waals surface area contributed by atoms with Crippen molar-refractivity contribution in [2.24, 2.45) is 0 Å². The Labute approximate surface area is 116 Å². The predicted octanol–water partition coefficient (Wildman–Crippen LogP) is 4.38. The van der Waals surface area contributed by atoms with Crippen LogP contribution >= 0.6 is 15.9 Å². The van der Waals surface area contributed by atoms with E-state index in [2.05, 4.69) is 58.5 Å². The molecule has 0 amide bonds. The summed E-state index contributed by atoms with van der Waals surface area (Å²) in [5.41, 5.74) is 3.59. The molecule has 0 spiro atoms. The number of hydrogen-bond acceptors (Lipinski definition) is 2. The minimum Gasteiger partial charge on any atom is -0.497 e. The van der Waals surface area contributed by atoms with E-state index in [9.17, 15) is 0 Å². The summed E-state index contributed by atoms with van der Waals surface area (Å²) >= 11 is 3.50. The molecule has 0 fully saturated rings. The molecule has 1 N–H and O–H groups in total. The van der Waals surface area contributed by atoms with Crippen molar-refractivity contribution < 1.29 is 4.74 Å². The maximum absolute atomic E-state index is 5.14. The summed E-state index contributed by atoms with van der Waals surface area (Å²) in [6, 6.07) is 14.4. The molecule has 3 heteroatoms. The predicted molar refractivity (Wildman–Crippen MR) is 79.2 cm³/mol. The van der Waals surface area contributed by atoms with Gasteiger partial charge in [0.05, 0.1) is 7.11 Å². The lowest BCUT2D eigenvalue weighted by molar-refractivity contribution is 0.414. The average Bonchev–Trinajstić information content (AvgIpc) is 2.36. The second kappa shape index (κ2) is 5.91. The second-order valence-electron chi connectivity index (χ2n) is 4.22. The van der Waals surface area contributed by atoms with Crippen molar-refractivity contribution in [3.05, 3.63) is 58.1 Å². The number of hydrogen-bond donors (Lipinski definition) is 1. The largest absolute Gasteiger partial charge is 0.497 e. The van der Waals surface area contributed by atoms with Gasteiger partial charge in [-0.2, -0.15) is 0 Å². The lowest BCUT2D eigenvalue weighted by Crippen LogP contribution is -1.99. The molecule has 0 aromatic heterocycles. The van der Waals surface area contributed by atoms with Gasteiger partial charge in [0.25, 0.3) is 0 Å². The summed E-state index contributed by atoms with van der Waals surface area (Å²) in [6.45, 7) is 2.89. The Morgan fingerprint density at radius 1 is 1.11 bits per heavy atom. The van der Waals surface area contributed by atoms with E-state index in [1.54, 1.807) is 7.11 Å². The van der Waals surface area contributed by atoms with Crippen LogP contribution in [0.5, 0.6) is 5.75 Å². The fourth-order valence-electron chi connectivity index (χ4n) is 1.79. The normalized spacial score (nSPS) is 10.2. The Hall–Kier alpha value is -1.48.